The molecule has 4 heteroatoms. The van der Waals surface area contributed by atoms with Gasteiger partial charge in [-0.3, -0.25) is 0 Å². The van der Waals surface area contributed by atoms with E-state index in [1.54, 1.807) is 6.08 Å². The zero-order chi connectivity index (χ0) is 11.0. The first-order valence-corrected chi connectivity index (χ1v) is 5.01. The maximum absolute atomic E-state index is 12.9. The van der Waals surface area contributed by atoms with E-state index in [1.165, 1.54) is 0 Å². The lowest BCUT2D eigenvalue weighted by Gasteiger charge is -2.03. The predicted molar refractivity (Wildman–Crippen MR) is 53.2 cm³/mol. The van der Waals surface area contributed by atoms with Gasteiger partial charge in [-0.05, 0) is 36.1 Å². The SMILES string of the molecule is Fc1cc(C2=CC(Cl)CC2)cc(F)c1F. The molecule has 1 aromatic carbocycles. The Morgan fingerprint density at radius 1 is 1.13 bits per heavy atom. The summed E-state index contributed by atoms with van der Waals surface area (Å²) in [7, 11) is 0. The Balaban J connectivity index is 2.42. The number of hydrogen-bond acceptors (Lipinski definition) is 0. The van der Waals surface area contributed by atoms with E-state index < -0.39 is 17.5 Å². The first kappa shape index (κ1) is 10.6. The molecule has 0 heterocycles. The number of alkyl halides is 1. The summed E-state index contributed by atoms with van der Waals surface area (Å²) < 4.78 is 38.5. The first-order valence-electron chi connectivity index (χ1n) is 4.57. The van der Waals surface area contributed by atoms with Gasteiger partial charge in [-0.2, -0.15) is 0 Å². The average Bonchev–Trinajstić information content (AvgIpc) is 2.60. The Morgan fingerprint density at radius 3 is 2.20 bits per heavy atom. The van der Waals surface area contributed by atoms with E-state index in [4.69, 9.17) is 11.6 Å². The third kappa shape index (κ3) is 2.02. The lowest BCUT2D eigenvalue weighted by Crippen LogP contribution is -1.93. The van der Waals surface area contributed by atoms with Crippen LogP contribution in [0.1, 0.15) is 18.4 Å². The summed E-state index contributed by atoms with van der Waals surface area (Å²) in [5.41, 5.74) is 1.14. The molecular formula is C11H8ClF3. The number of benzene rings is 1. The van der Waals surface area contributed by atoms with E-state index >= 15 is 0 Å². The molecule has 0 aliphatic heterocycles. The van der Waals surface area contributed by atoms with Crippen molar-refractivity contribution >= 4 is 17.2 Å². The van der Waals surface area contributed by atoms with Crippen LogP contribution in [0.5, 0.6) is 0 Å². The molecule has 15 heavy (non-hydrogen) atoms. The highest BCUT2D eigenvalue weighted by Crippen LogP contribution is 2.31. The van der Waals surface area contributed by atoms with Crippen LogP contribution in [0.2, 0.25) is 0 Å². The number of allylic oxidation sites excluding steroid dienone is 2. The van der Waals surface area contributed by atoms with Crippen LogP contribution in [0.15, 0.2) is 18.2 Å². The average molecular weight is 233 g/mol. The standard InChI is InChI=1S/C11H8ClF3/c12-8-2-1-6(3-8)7-4-9(13)11(15)10(14)5-7/h3-5,8H,1-2H2. The summed E-state index contributed by atoms with van der Waals surface area (Å²) in [4.78, 5) is 0. The van der Waals surface area contributed by atoms with Gasteiger partial charge in [0.2, 0.25) is 0 Å². The van der Waals surface area contributed by atoms with Crippen molar-refractivity contribution in [2.75, 3.05) is 0 Å². The minimum Gasteiger partial charge on any atom is -0.204 e. The monoisotopic (exact) mass is 232 g/mol. The highest BCUT2D eigenvalue weighted by atomic mass is 35.5. The lowest BCUT2D eigenvalue weighted by molar-refractivity contribution is 0.446. The minimum atomic E-state index is -1.43. The van der Waals surface area contributed by atoms with Gasteiger partial charge in [0.05, 0.1) is 5.38 Å². The molecule has 0 spiro atoms. The molecular weight excluding hydrogens is 225 g/mol. The molecule has 1 aromatic rings. The third-order valence-corrected chi connectivity index (χ3v) is 2.77. The summed E-state index contributed by atoms with van der Waals surface area (Å²) in [6.45, 7) is 0. The molecule has 0 radical (unpaired) electrons. The summed E-state index contributed by atoms with van der Waals surface area (Å²) >= 11 is 5.83. The van der Waals surface area contributed by atoms with Gasteiger partial charge in [-0.15, -0.1) is 11.6 Å². The van der Waals surface area contributed by atoms with E-state index in [-0.39, 0.29) is 5.38 Å². The Labute approximate surface area is 90.4 Å². The van der Waals surface area contributed by atoms with Crippen molar-refractivity contribution in [2.45, 2.75) is 18.2 Å². The largest absolute Gasteiger partial charge is 0.204 e. The maximum atomic E-state index is 12.9. The van der Waals surface area contributed by atoms with Crippen LogP contribution in [-0.4, -0.2) is 5.38 Å². The van der Waals surface area contributed by atoms with Crippen LogP contribution >= 0.6 is 11.6 Å². The second-order valence-electron chi connectivity index (χ2n) is 3.50. The highest BCUT2D eigenvalue weighted by molar-refractivity contribution is 6.22. The number of hydrogen-bond donors (Lipinski definition) is 0. The van der Waals surface area contributed by atoms with Gasteiger partial charge in [0.15, 0.2) is 17.5 Å². The van der Waals surface area contributed by atoms with Crippen LogP contribution in [0.3, 0.4) is 0 Å². The Morgan fingerprint density at radius 2 is 1.73 bits per heavy atom. The molecule has 0 N–H and O–H groups in total. The van der Waals surface area contributed by atoms with Gasteiger partial charge in [0.1, 0.15) is 0 Å². The van der Waals surface area contributed by atoms with E-state index in [0.717, 1.165) is 24.1 Å². The summed E-state index contributed by atoms with van der Waals surface area (Å²) in [5.74, 6) is -3.76. The van der Waals surface area contributed by atoms with Gasteiger partial charge >= 0.3 is 0 Å². The first-order chi connectivity index (χ1) is 7.08. The van der Waals surface area contributed by atoms with Crippen molar-refractivity contribution in [3.63, 3.8) is 0 Å². The summed E-state index contributed by atoms with van der Waals surface area (Å²) in [6.07, 6.45) is 3.16. The lowest BCUT2D eigenvalue weighted by atomic mass is 10.1. The highest BCUT2D eigenvalue weighted by Gasteiger charge is 2.18. The van der Waals surface area contributed by atoms with Gasteiger partial charge in [-0.1, -0.05) is 6.08 Å². The van der Waals surface area contributed by atoms with Gasteiger partial charge in [0, 0.05) is 0 Å². The molecule has 1 unspecified atom stereocenters. The van der Waals surface area contributed by atoms with Crippen molar-refractivity contribution in [3.05, 3.63) is 41.2 Å². The molecule has 0 saturated carbocycles. The fourth-order valence-electron chi connectivity index (χ4n) is 1.66. The summed E-state index contributed by atoms with van der Waals surface area (Å²) in [6, 6.07) is 2.00. The summed E-state index contributed by atoms with van der Waals surface area (Å²) in [5, 5.41) is -0.101. The third-order valence-electron chi connectivity index (χ3n) is 2.43. The second kappa shape index (κ2) is 3.89. The molecule has 80 valence electrons. The molecule has 2 rings (SSSR count). The Bertz CT molecular complexity index is 403. The van der Waals surface area contributed by atoms with Crippen molar-refractivity contribution in [3.8, 4) is 0 Å². The van der Waals surface area contributed by atoms with E-state index in [9.17, 15) is 13.2 Å². The molecule has 0 saturated heterocycles. The van der Waals surface area contributed by atoms with Crippen LogP contribution in [0.25, 0.3) is 5.57 Å². The smallest absolute Gasteiger partial charge is 0.194 e. The normalized spacial score (nSPS) is 20.5. The van der Waals surface area contributed by atoms with E-state index in [0.29, 0.717) is 12.0 Å². The zero-order valence-corrected chi connectivity index (χ0v) is 8.49. The van der Waals surface area contributed by atoms with Crippen LogP contribution in [0, 0.1) is 17.5 Å². The van der Waals surface area contributed by atoms with Crippen molar-refractivity contribution < 1.29 is 13.2 Å². The number of halogens is 4. The van der Waals surface area contributed by atoms with Crippen LogP contribution in [0.4, 0.5) is 13.2 Å². The van der Waals surface area contributed by atoms with Crippen molar-refractivity contribution in [1.82, 2.24) is 0 Å². The molecule has 0 bridgehead atoms. The topological polar surface area (TPSA) is 0 Å². The van der Waals surface area contributed by atoms with E-state index in [2.05, 4.69) is 0 Å². The Kier molecular flexibility index (Phi) is 2.74. The van der Waals surface area contributed by atoms with Gasteiger partial charge in [0.25, 0.3) is 0 Å². The number of rotatable bonds is 1. The van der Waals surface area contributed by atoms with Crippen LogP contribution in [-0.2, 0) is 0 Å². The van der Waals surface area contributed by atoms with Gasteiger partial charge < -0.3 is 0 Å². The van der Waals surface area contributed by atoms with Crippen molar-refractivity contribution in [1.29, 1.82) is 0 Å². The minimum absolute atomic E-state index is 0.101. The quantitative estimate of drug-likeness (QED) is 0.509. The molecule has 0 amide bonds. The molecule has 1 aliphatic rings. The molecule has 0 fully saturated rings. The fourth-order valence-corrected chi connectivity index (χ4v) is 1.92. The second-order valence-corrected chi connectivity index (χ2v) is 4.06. The molecule has 1 atom stereocenters. The van der Waals surface area contributed by atoms with E-state index in [1.807, 2.05) is 0 Å². The van der Waals surface area contributed by atoms with Crippen molar-refractivity contribution in [2.24, 2.45) is 0 Å². The molecule has 0 nitrogen and oxygen atoms in total. The fraction of sp³-hybridized carbons (Fsp3) is 0.273. The van der Waals surface area contributed by atoms with Crippen LogP contribution < -0.4 is 0 Å². The molecule has 0 aromatic heterocycles. The zero-order valence-electron chi connectivity index (χ0n) is 7.74. The Hall–Kier alpha value is -0.960. The maximum Gasteiger partial charge on any atom is 0.194 e. The molecule has 1 aliphatic carbocycles. The predicted octanol–water partition coefficient (Wildman–Crippen LogP) is 3.89. The van der Waals surface area contributed by atoms with Gasteiger partial charge in [-0.25, -0.2) is 13.2 Å².